The Morgan fingerprint density at radius 3 is 2.62 bits per heavy atom. The van der Waals surface area contributed by atoms with Gasteiger partial charge in [-0.2, -0.15) is 0 Å². The molecule has 0 spiro atoms. The molecule has 5 heteroatoms. The lowest BCUT2D eigenvalue weighted by molar-refractivity contribution is -0.138. The lowest BCUT2D eigenvalue weighted by Crippen LogP contribution is -2.38. The molecule has 0 aliphatic carbocycles. The average Bonchev–Trinajstić information content (AvgIpc) is 3.04. The van der Waals surface area contributed by atoms with Gasteiger partial charge in [-0.1, -0.05) is 25.1 Å². The van der Waals surface area contributed by atoms with Crippen LogP contribution in [-0.4, -0.2) is 29.8 Å². The lowest BCUT2D eigenvalue weighted by atomic mass is 10.2. The third kappa shape index (κ3) is 2.69. The highest BCUT2D eigenvalue weighted by Gasteiger charge is 2.32. The van der Waals surface area contributed by atoms with E-state index in [1.54, 1.807) is 0 Å². The van der Waals surface area contributed by atoms with Crippen LogP contribution >= 0.6 is 0 Å². The van der Waals surface area contributed by atoms with E-state index in [0.29, 0.717) is 19.4 Å². The molecule has 110 valence electrons. The zero-order chi connectivity index (χ0) is 14.8. The number of hydrogen-bond donors (Lipinski definition) is 1. The Balaban J connectivity index is 1.86. The van der Waals surface area contributed by atoms with Gasteiger partial charge in [0.05, 0.1) is 12.6 Å². The van der Waals surface area contributed by atoms with E-state index in [9.17, 15) is 9.59 Å². The van der Waals surface area contributed by atoms with Crippen molar-refractivity contribution in [2.45, 2.75) is 25.8 Å². The number of amides is 2. The Hall–Kier alpha value is -2.14. The van der Waals surface area contributed by atoms with Crippen LogP contribution in [0.25, 0.3) is 11.0 Å². The summed E-state index contributed by atoms with van der Waals surface area (Å²) in [6, 6.07) is 9.57. The molecule has 1 aliphatic heterocycles. The van der Waals surface area contributed by atoms with Crippen molar-refractivity contribution in [1.29, 1.82) is 0 Å². The molecule has 0 radical (unpaired) electrons. The summed E-state index contributed by atoms with van der Waals surface area (Å²) >= 11 is 0. The van der Waals surface area contributed by atoms with E-state index in [1.807, 2.05) is 37.3 Å². The third-order valence-electron chi connectivity index (χ3n) is 3.76. The fraction of sp³-hybridized carbons (Fsp3) is 0.375. The number of carbonyl (C=O) groups excluding carboxylic acids is 2. The number of para-hydroxylation sites is 1. The molecule has 3 rings (SSSR count). The molecule has 0 saturated carbocycles. The maximum absolute atomic E-state index is 11.8. The summed E-state index contributed by atoms with van der Waals surface area (Å²) < 4.78 is 5.85. The maximum Gasteiger partial charge on any atom is 0.229 e. The number of hydrogen-bond acceptors (Lipinski definition) is 4. The van der Waals surface area contributed by atoms with Crippen LogP contribution < -0.4 is 5.32 Å². The van der Waals surface area contributed by atoms with Gasteiger partial charge in [0.1, 0.15) is 11.3 Å². The van der Waals surface area contributed by atoms with Crippen molar-refractivity contribution in [3.63, 3.8) is 0 Å². The average molecular weight is 286 g/mol. The number of imide groups is 1. The minimum absolute atomic E-state index is 0.0981. The second kappa shape index (κ2) is 5.69. The van der Waals surface area contributed by atoms with Crippen molar-refractivity contribution in [2.24, 2.45) is 0 Å². The van der Waals surface area contributed by atoms with E-state index >= 15 is 0 Å². The van der Waals surface area contributed by atoms with Gasteiger partial charge >= 0.3 is 0 Å². The van der Waals surface area contributed by atoms with Gasteiger partial charge in [0.2, 0.25) is 11.8 Å². The zero-order valence-corrected chi connectivity index (χ0v) is 12.0. The molecule has 2 aromatic rings. The number of nitrogens with one attached hydrogen (secondary N) is 1. The van der Waals surface area contributed by atoms with Crippen molar-refractivity contribution in [1.82, 2.24) is 10.2 Å². The predicted octanol–water partition coefficient (Wildman–Crippen LogP) is 2.23. The quantitative estimate of drug-likeness (QED) is 0.856. The molecule has 1 aliphatic rings. The number of furan rings is 1. The van der Waals surface area contributed by atoms with Gasteiger partial charge in [-0.05, 0) is 18.7 Å². The van der Waals surface area contributed by atoms with Crippen molar-refractivity contribution < 1.29 is 14.0 Å². The van der Waals surface area contributed by atoms with E-state index in [-0.39, 0.29) is 17.9 Å². The molecule has 0 bridgehead atoms. The molecule has 1 unspecified atom stereocenters. The molecule has 1 aromatic carbocycles. The van der Waals surface area contributed by atoms with Crippen molar-refractivity contribution in [3.05, 3.63) is 36.1 Å². The molecule has 5 nitrogen and oxygen atoms in total. The number of likely N-dealkylation sites (N-methyl/N-ethyl adjacent to an activating group) is 1. The van der Waals surface area contributed by atoms with Gasteiger partial charge in [-0.15, -0.1) is 0 Å². The van der Waals surface area contributed by atoms with Crippen LogP contribution in [0.4, 0.5) is 0 Å². The minimum atomic E-state index is -0.173. The summed E-state index contributed by atoms with van der Waals surface area (Å²) in [4.78, 5) is 24.9. The zero-order valence-electron chi connectivity index (χ0n) is 12.0. The molecule has 2 amide bonds. The highest BCUT2D eigenvalue weighted by atomic mass is 16.3. The van der Waals surface area contributed by atoms with Crippen LogP contribution in [0.3, 0.4) is 0 Å². The second-order valence-electron chi connectivity index (χ2n) is 5.19. The molecule has 1 fully saturated rings. The van der Waals surface area contributed by atoms with Crippen molar-refractivity contribution in [3.8, 4) is 0 Å². The Morgan fingerprint density at radius 2 is 1.95 bits per heavy atom. The van der Waals surface area contributed by atoms with Gasteiger partial charge in [-0.25, -0.2) is 0 Å². The fourth-order valence-corrected chi connectivity index (χ4v) is 2.68. The smallest absolute Gasteiger partial charge is 0.229 e. The summed E-state index contributed by atoms with van der Waals surface area (Å²) in [7, 11) is 0. The number of fused-ring (bicyclic) bond motifs is 1. The molecule has 1 N–H and O–H groups in total. The van der Waals surface area contributed by atoms with Crippen LogP contribution in [0.1, 0.15) is 31.6 Å². The molecule has 1 saturated heterocycles. The summed E-state index contributed by atoms with van der Waals surface area (Å²) in [6.45, 7) is 3.05. The van der Waals surface area contributed by atoms with Gasteiger partial charge in [0.25, 0.3) is 0 Å². The molecule has 21 heavy (non-hydrogen) atoms. The Morgan fingerprint density at radius 1 is 1.24 bits per heavy atom. The highest BCUT2D eigenvalue weighted by molar-refractivity contribution is 6.01. The molecular formula is C16H18N2O3. The highest BCUT2D eigenvalue weighted by Crippen LogP contribution is 2.25. The molecular weight excluding hydrogens is 268 g/mol. The van der Waals surface area contributed by atoms with Gasteiger partial charge in [0.15, 0.2) is 0 Å². The first kappa shape index (κ1) is 13.8. The summed E-state index contributed by atoms with van der Waals surface area (Å²) in [6.07, 6.45) is 0.635. The molecule has 2 heterocycles. The van der Waals surface area contributed by atoms with E-state index in [1.165, 1.54) is 4.90 Å². The SMILES string of the molecule is CCNC(CN1C(=O)CCC1=O)c1cc2ccccc2o1. The topological polar surface area (TPSA) is 62.6 Å². The van der Waals surface area contributed by atoms with Crippen LogP contribution in [0.15, 0.2) is 34.7 Å². The minimum Gasteiger partial charge on any atom is -0.459 e. The second-order valence-corrected chi connectivity index (χ2v) is 5.19. The Bertz CT molecular complexity index is 628. The van der Waals surface area contributed by atoms with Crippen LogP contribution in [0.5, 0.6) is 0 Å². The van der Waals surface area contributed by atoms with E-state index in [0.717, 1.165) is 23.3 Å². The van der Waals surface area contributed by atoms with Crippen molar-refractivity contribution >= 4 is 22.8 Å². The monoisotopic (exact) mass is 286 g/mol. The van der Waals surface area contributed by atoms with Crippen LogP contribution in [0.2, 0.25) is 0 Å². The summed E-state index contributed by atoms with van der Waals surface area (Å²) in [5, 5.41) is 4.31. The van der Waals surface area contributed by atoms with Crippen LogP contribution in [-0.2, 0) is 9.59 Å². The lowest BCUT2D eigenvalue weighted by Gasteiger charge is -2.21. The first-order chi connectivity index (χ1) is 10.2. The fourth-order valence-electron chi connectivity index (χ4n) is 2.68. The summed E-state index contributed by atoms with van der Waals surface area (Å²) in [5.41, 5.74) is 0.814. The first-order valence-electron chi connectivity index (χ1n) is 7.24. The number of carbonyl (C=O) groups is 2. The number of rotatable bonds is 5. The third-order valence-corrected chi connectivity index (χ3v) is 3.76. The van der Waals surface area contributed by atoms with Crippen LogP contribution in [0, 0.1) is 0 Å². The van der Waals surface area contributed by atoms with E-state index in [2.05, 4.69) is 5.32 Å². The number of likely N-dealkylation sites (tertiary alicyclic amines) is 1. The van der Waals surface area contributed by atoms with Gasteiger partial charge < -0.3 is 9.73 Å². The summed E-state index contributed by atoms with van der Waals surface area (Å²) in [5.74, 6) is 0.559. The predicted molar refractivity (Wildman–Crippen MR) is 78.6 cm³/mol. The largest absolute Gasteiger partial charge is 0.459 e. The first-order valence-corrected chi connectivity index (χ1v) is 7.24. The van der Waals surface area contributed by atoms with E-state index < -0.39 is 0 Å². The Labute approximate surface area is 122 Å². The Kier molecular flexibility index (Phi) is 3.75. The van der Waals surface area contributed by atoms with Crippen molar-refractivity contribution in [2.75, 3.05) is 13.1 Å². The maximum atomic E-state index is 11.8. The number of benzene rings is 1. The molecule has 1 atom stereocenters. The van der Waals surface area contributed by atoms with E-state index in [4.69, 9.17) is 4.42 Å². The molecule has 1 aromatic heterocycles. The standard InChI is InChI=1S/C16H18N2O3/c1-2-17-12(10-18-15(19)7-8-16(18)20)14-9-11-5-3-4-6-13(11)21-14/h3-6,9,12,17H,2,7-8,10H2,1H3. The number of nitrogens with zero attached hydrogens (tertiary/aromatic N) is 1. The van der Waals surface area contributed by atoms with Gasteiger partial charge in [-0.3, -0.25) is 14.5 Å². The van der Waals surface area contributed by atoms with Gasteiger partial charge in [0, 0.05) is 18.2 Å². The normalized spacial score (nSPS) is 16.9.